The number of hydrogen-bond acceptors (Lipinski definition) is 2. The Morgan fingerprint density at radius 3 is 2.69 bits per heavy atom. The van der Waals surface area contributed by atoms with E-state index in [1.807, 2.05) is 13.1 Å². The van der Waals surface area contributed by atoms with Gasteiger partial charge in [0.05, 0.1) is 0 Å². The first-order valence-corrected chi connectivity index (χ1v) is 5.22. The zero-order chi connectivity index (χ0) is 10.1. The van der Waals surface area contributed by atoms with E-state index >= 15 is 0 Å². The SMILES string of the molecule is C=CCN(CCC)CC(C)CNC. The highest BCUT2D eigenvalue weighted by Gasteiger charge is 2.06. The fraction of sp³-hybridized carbons (Fsp3) is 0.818. The van der Waals surface area contributed by atoms with Gasteiger partial charge < -0.3 is 5.32 Å². The van der Waals surface area contributed by atoms with Crippen LogP contribution in [0.5, 0.6) is 0 Å². The Hall–Kier alpha value is -0.340. The second kappa shape index (κ2) is 8.27. The molecule has 0 amide bonds. The summed E-state index contributed by atoms with van der Waals surface area (Å²) in [6, 6.07) is 0. The van der Waals surface area contributed by atoms with Crippen molar-refractivity contribution < 1.29 is 0 Å². The lowest BCUT2D eigenvalue weighted by atomic mass is 10.1. The fourth-order valence-corrected chi connectivity index (χ4v) is 1.61. The van der Waals surface area contributed by atoms with Gasteiger partial charge in [-0.15, -0.1) is 6.58 Å². The van der Waals surface area contributed by atoms with Gasteiger partial charge >= 0.3 is 0 Å². The van der Waals surface area contributed by atoms with Crippen molar-refractivity contribution in [3.63, 3.8) is 0 Å². The van der Waals surface area contributed by atoms with Gasteiger partial charge in [-0.2, -0.15) is 0 Å². The van der Waals surface area contributed by atoms with E-state index in [-0.39, 0.29) is 0 Å². The standard InChI is InChI=1S/C11H24N2/c1-5-7-13(8-6-2)10-11(3)9-12-4/h5,11-12H,1,6-10H2,2-4H3. The van der Waals surface area contributed by atoms with Crippen molar-refractivity contribution in [2.75, 3.05) is 33.2 Å². The van der Waals surface area contributed by atoms with Crippen LogP contribution in [0.2, 0.25) is 0 Å². The lowest BCUT2D eigenvalue weighted by Crippen LogP contribution is -2.33. The van der Waals surface area contributed by atoms with E-state index in [1.165, 1.54) is 19.5 Å². The van der Waals surface area contributed by atoms with E-state index in [0.717, 1.165) is 19.0 Å². The zero-order valence-electron chi connectivity index (χ0n) is 9.34. The molecule has 0 aliphatic rings. The molecule has 0 spiro atoms. The minimum atomic E-state index is 0.719. The van der Waals surface area contributed by atoms with Crippen LogP contribution in [0.25, 0.3) is 0 Å². The summed E-state index contributed by atoms with van der Waals surface area (Å²) in [7, 11) is 2.01. The molecule has 13 heavy (non-hydrogen) atoms. The summed E-state index contributed by atoms with van der Waals surface area (Å²) in [4.78, 5) is 2.45. The normalized spacial score (nSPS) is 13.2. The van der Waals surface area contributed by atoms with Crippen LogP contribution in [0.3, 0.4) is 0 Å². The molecule has 1 unspecified atom stereocenters. The van der Waals surface area contributed by atoms with Crippen LogP contribution in [0.15, 0.2) is 12.7 Å². The summed E-state index contributed by atoms with van der Waals surface area (Å²) in [5.41, 5.74) is 0. The maximum Gasteiger partial charge on any atom is 0.0160 e. The Balaban J connectivity index is 3.71. The third kappa shape index (κ3) is 6.79. The summed E-state index contributed by atoms with van der Waals surface area (Å²) in [6.45, 7) is 12.7. The highest BCUT2D eigenvalue weighted by Crippen LogP contribution is 1.99. The Bertz CT molecular complexity index is 123. The van der Waals surface area contributed by atoms with Gasteiger partial charge in [-0.25, -0.2) is 0 Å². The molecule has 0 radical (unpaired) electrons. The molecule has 1 N–H and O–H groups in total. The molecule has 0 rings (SSSR count). The molecule has 0 saturated carbocycles. The smallest absolute Gasteiger partial charge is 0.0160 e. The topological polar surface area (TPSA) is 15.3 Å². The average molecular weight is 184 g/mol. The second-order valence-electron chi connectivity index (χ2n) is 3.71. The summed E-state index contributed by atoms with van der Waals surface area (Å²) in [6.07, 6.45) is 3.21. The van der Waals surface area contributed by atoms with Crippen molar-refractivity contribution in [3.8, 4) is 0 Å². The summed E-state index contributed by atoms with van der Waals surface area (Å²) >= 11 is 0. The van der Waals surface area contributed by atoms with Gasteiger partial charge in [0.25, 0.3) is 0 Å². The van der Waals surface area contributed by atoms with E-state index in [2.05, 4.69) is 30.6 Å². The molecular formula is C11H24N2. The molecule has 0 bridgehead atoms. The lowest BCUT2D eigenvalue weighted by molar-refractivity contribution is 0.259. The van der Waals surface area contributed by atoms with Crippen LogP contribution in [-0.4, -0.2) is 38.1 Å². The van der Waals surface area contributed by atoms with Gasteiger partial charge in [-0.3, -0.25) is 4.90 Å². The Morgan fingerprint density at radius 1 is 1.54 bits per heavy atom. The van der Waals surface area contributed by atoms with E-state index in [0.29, 0.717) is 0 Å². The van der Waals surface area contributed by atoms with Crippen molar-refractivity contribution in [2.45, 2.75) is 20.3 Å². The summed E-state index contributed by atoms with van der Waals surface area (Å²) < 4.78 is 0. The maximum atomic E-state index is 3.78. The van der Waals surface area contributed by atoms with Crippen LogP contribution in [0.1, 0.15) is 20.3 Å². The van der Waals surface area contributed by atoms with Crippen LogP contribution < -0.4 is 5.32 Å². The minimum absolute atomic E-state index is 0.719. The van der Waals surface area contributed by atoms with Crippen molar-refractivity contribution in [1.82, 2.24) is 10.2 Å². The van der Waals surface area contributed by atoms with Crippen molar-refractivity contribution in [1.29, 1.82) is 0 Å². The first-order valence-electron chi connectivity index (χ1n) is 5.22. The molecule has 0 aromatic rings. The van der Waals surface area contributed by atoms with Gasteiger partial charge in [0.15, 0.2) is 0 Å². The highest BCUT2D eigenvalue weighted by molar-refractivity contribution is 4.74. The molecule has 0 aromatic carbocycles. The molecule has 2 nitrogen and oxygen atoms in total. The molecular weight excluding hydrogens is 160 g/mol. The van der Waals surface area contributed by atoms with Gasteiger partial charge in [-0.1, -0.05) is 19.9 Å². The fourth-order valence-electron chi connectivity index (χ4n) is 1.61. The predicted octanol–water partition coefficient (Wildman–Crippen LogP) is 1.74. The molecule has 0 aliphatic carbocycles. The van der Waals surface area contributed by atoms with Gasteiger partial charge in [0.1, 0.15) is 0 Å². The number of nitrogens with zero attached hydrogens (tertiary/aromatic N) is 1. The van der Waals surface area contributed by atoms with E-state index in [1.54, 1.807) is 0 Å². The zero-order valence-corrected chi connectivity index (χ0v) is 9.34. The largest absolute Gasteiger partial charge is 0.319 e. The molecule has 0 aliphatic heterocycles. The molecule has 1 atom stereocenters. The minimum Gasteiger partial charge on any atom is -0.319 e. The summed E-state index contributed by atoms with van der Waals surface area (Å²) in [5, 5.41) is 3.20. The Labute approximate surface area is 83.0 Å². The average Bonchev–Trinajstić information content (AvgIpc) is 2.05. The highest BCUT2D eigenvalue weighted by atomic mass is 15.1. The first-order chi connectivity index (χ1) is 6.24. The third-order valence-corrected chi connectivity index (χ3v) is 2.05. The van der Waals surface area contributed by atoms with E-state index in [9.17, 15) is 0 Å². The predicted molar refractivity (Wildman–Crippen MR) is 60.0 cm³/mol. The molecule has 0 heterocycles. The van der Waals surface area contributed by atoms with Gasteiger partial charge in [0, 0.05) is 13.1 Å². The summed E-state index contributed by atoms with van der Waals surface area (Å²) in [5.74, 6) is 0.719. The Morgan fingerprint density at radius 2 is 2.23 bits per heavy atom. The molecule has 0 aromatic heterocycles. The quantitative estimate of drug-likeness (QED) is 0.578. The van der Waals surface area contributed by atoms with Crippen LogP contribution in [-0.2, 0) is 0 Å². The molecule has 0 fully saturated rings. The van der Waals surface area contributed by atoms with Crippen LogP contribution >= 0.6 is 0 Å². The Kier molecular flexibility index (Phi) is 8.05. The number of nitrogens with one attached hydrogen (secondary N) is 1. The number of hydrogen-bond donors (Lipinski definition) is 1. The van der Waals surface area contributed by atoms with E-state index in [4.69, 9.17) is 0 Å². The van der Waals surface area contributed by atoms with Crippen molar-refractivity contribution >= 4 is 0 Å². The van der Waals surface area contributed by atoms with Crippen molar-refractivity contribution in [3.05, 3.63) is 12.7 Å². The van der Waals surface area contributed by atoms with Gasteiger partial charge in [-0.05, 0) is 32.5 Å². The second-order valence-corrected chi connectivity index (χ2v) is 3.71. The van der Waals surface area contributed by atoms with Gasteiger partial charge in [0.2, 0.25) is 0 Å². The molecule has 0 saturated heterocycles. The van der Waals surface area contributed by atoms with E-state index < -0.39 is 0 Å². The monoisotopic (exact) mass is 184 g/mol. The first kappa shape index (κ1) is 12.7. The molecule has 78 valence electrons. The molecule has 2 heteroatoms. The third-order valence-electron chi connectivity index (χ3n) is 2.05. The van der Waals surface area contributed by atoms with Crippen molar-refractivity contribution in [2.24, 2.45) is 5.92 Å². The van der Waals surface area contributed by atoms with Crippen LogP contribution in [0, 0.1) is 5.92 Å². The van der Waals surface area contributed by atoms with Crippen LogP contribution in [0.4, 0.5) is 0 Å². The lowest BCUT2D eigenvalue weighted by Gasteiger charge is -2.23. The number of rotatable bonds is 8. The maximum absolute atomic E-state index is 3.78.